The monoisotopic (exact) mass is 385 g/mol. The summed E-state index contributed by atoms with van der Waals surface area (Å²) in [6.45, 7) is 0.316. The minimum atomic E-state index is -0.909. The molecule has 0 saturated heterocycles. The van der Waals surface area contributed by atoms with Crippen molar-refractivity contribution in [1.82, 2.24) is 5.32 Å². The van der Waals surface area contributed by atoms with Gasteiger partial charge in [0.05, 0.1) is 11.8 Å². The maximum Gasteiger partial charge on any atom is 0.307 e. The van der Waals surface area contributed by atoms with E-state index in [1.165, 1.54) is 6.07 Å². The number of carboxylic acid groups (broad SMARTS) is 1. The van der Waals surface area contributed by atoms with Gasteiger partial charge in [-0.15, -0.1) is 0 Å². The topological polar surface area (TPSA) is 75.6 Å². The molecular formula is C22H24FNO4. The van der Waals surface area contributed by atoms with Gasteiger partial charge in [-0.05, 0) is 25.0 Å². The normalized spacial score (nSPS) is 19.0. The fourth-order valence-electron chi connectivity index (χ4n) is 3.62. The number of hydrogen-bond donors (Lipinski definition) is 2. The Morgan fingerprint density at radius 3 is 2.36 bits per heavy atom. The number of rotatable bonds is 7. The summed E-state index contributed by atoms with van der Waals surface area (Å²) in [5, 5.41) is 12.2. The molecule has 0 aliphatic heterocycles. The third kappa shape index (κ3) is 4.88. The average molecular weight is 385 g/mol. The van der Waals surface area contributed by atoms with Gasteiger partial charge in [0.1, 0.15) is 18.2 Å². The number of aliphatic carboxylic acids is 1. The molecule has 1 amide bonds. The Morgan fingerprint density at radius 1 is 1.00 bits per heavy atom. The first kappa shape index (κ1) is 19.9. The van der Waals surface area contributed by atoms with Gasteiger partial charge in [-0.3, -0.25) is 9.59 Å². The van der Waals surface area contributed by atoms with Crippen LogP contribution in [0.2, 0.25) is 0 Å². The highest BCUT2D eigenvalue weighted by molar-refractivity contribution is 5.84. The number of carbonyl (C=O) groups excluding carboxylic acids is 1. The lowest BCUT2D eigenvalue weighted by Gasteiger charge is -2.27. The van der Waals surface area contributed by atoms with Crippen LogP contribution in [-0.4, -0.2) is 17.0 Å². The standard InChI is InChI=1S/C22H24FNO4/c23-19-11-5-1-8-16(19)14-28-20-12-6-2-7-15(20)13-24-21(25)17-9-3-4-10-18(17)22(26)27/h1-2,5-8,11-12,17-18H,3-4,9-10,13-14H2,(H,24,25)(H,26,27). The Kier molecular flexibility index (Phi) is 6.63. The first-order chi connectivity index (χ1) is 13.6. The molecule has 2 aromatic carbocycles. The molecule has 0 spiro atoms. The van der Waals surface area contributed by atoms with Gasteiger partial charge in [-0.25, -0.2) is 4.39 Å². The van der Waals surface area contributed by atoms with E-state index in [1.54, 1.807) is 24.3 Å². The number of amides is 1. The SMILES string of the molecule is O=C(O)C1CCCCC1C(=O)NCc1ccccc1OCc1ccccc1F. The van der Waals surface area contributed by atoms with E-state index in [9.17, 15) is 19.1 Å². The average Bonchev–Trinajstić information content (AvgIpc) is 2.72. The minimum Gasteiger partial charge on any atom is -0.488 e. The molecule has 0 aromatic heterocycles. The van der Waals surface area contributed by atoms with Crippen molar-refractivity contribution in [3.63, 3.8) is 0 Å². The molecule has 2 N–H and O–H groups in total. The summed E-state index contributed by atoms with van der Waals surface area (Å²) in [6.07, 6.45) is 2.83. The zero-order valence-corrected chi connectivity index (χ0v) is 15.6. The Morgan fingerprint density at radius 2 is 1.64 bits per heavy atom. The number of carboxylic acids is 1. The van der Waals surface area contributed by atoms with Crippen molar-refractivity contribution in [3.05, 3.63) is 65.5 Å². The highest BCUT2D eigenvalue weighted by Gasteiger charge is 2.35. The predicted molar refractivity (Wildman–Crippen MR) is 102 cm³/mol. The number of nitrogens with one attached hydrogen (secondary N) is 1. The molecule has 0 radical (unpaired) electrons. The molecule has 2 aromatic rings. The molecule has 28 heavy (non-hydrogen) atoms. The molecule has 1 saturated carbocycles. The number of halogens is 1. The van der Waals surface area contributed by atoms with Crippen molar-refractivity contribution in [3.8, 4) is 5.75 Å². The molecule has 1 aliphatic carbocycles. The second kappa shape index (κ2) is 9.35. The Hall–Kier alpha value is -2.89. The molecule has 2 unspecified atom stereocenters. The summed E-state index contributed by atoms with van der Waals surface area (Å²) in [5.74, 6) is -2.04. The highest BCUT2D eigenvalue weighted by atomic mass is 19.1. The second-order valence-corrected chi connectivity index (χ2v) is 7.04. The van der Waals surface area contributed by atoms with Crippen LogP contribution in [0.15, 0.2) is 48.5 Å². The molecule has 6 heteroatoms. The van der Waals surface area contributed by atoms with Crippen LogP contribution in [0.1, 0.15) is 36.8 Å². The fourth-order valence-corrected chi connectivity index (χ4v) is 3.62. The van der Waals surface area contributed by atoms with E-state index < -0.39 is 17.8 Å². The van der Waals surface area contributed by atoms with Gasteiger partial charge >= 0.3 is 5.97 Å². The Balaban J connectivity index is 1.62. The van der Waals surface area contributed by atoms with Crippen LogP contribution >= 0.6 is 0 Å². The third-order valence-corrected chi connectivity index (χ3v) is 5.19. The summed E-state index contributed by atoms with van der Waals surface area (Å²) >= 11 is 0. The first-order valence-electron chi connectivity index (χ1n) is 9.51. The van der Waals surface area contributed by atoms with Crippen molar-refractivity contribution >= 4 is 11.9 Å². The van der Waals surface area contributed by atoms with Gasteiger partial charge in [0.15, 0.2) is 0 Å². The van der Waals surface area contributed by atoms with Gasteiger partial charge in [0.25, 0.3) is 0 Å². The predicted octanol–water partition coefficient (Wildman–Crippen LogP) is 3.91. The second-order valence-electron chi connectivity index (χ2n) is 7.04. The van der Waals surface area contributed by atoms with Gasteiger partial charge in [-0.1, -0.05) is 49.2 Å². The lowest BCUT2D eigenvalue weighted by molar-refractivity contribution is -0.148. The van der Waals surface area contributed by atoms with Gasteiger partial charge in [0, 0.05) is 17.7 Å². The molecule has 5 nitrogen and oxygen atoms in total. The van der Waals surface area contributed by atoms with Crippen molar-refractivity contribution < 1.29 is 23.8 Å². The largest absolute Gasteiger partial charge is 0.488 e. The summed E-state index contributed by atoms with van der Waals surface area (Å²) in [4.78, 5) is 24.0. The number of carbonyl (C=O) groups is 2. The van der Waals surface area contributed by atoms with Crippen molar-refractivity contribution in [2.75, 3.05) is 0 Å². The quantitative estimate of drug-likeness (QED) is 0.758. The summed E-state index contributed by atoms with van der Waals surface area (Å²) in [7, 11) is 0. The van der Waals surface area contributed by atoms with Crippen molar-refractivity contribution in [2.24, 2.45) is 11.8 Å². The van der Waals surface area contributed by atoms with Crippen LogP contribution in [0, 0.1) is 17.7 Å². The minimum absolute atomic E-state index is 0.0847. The lowest BCUT2D eigenvalue weighted by Crippen LogP contribution is -2.39. The Bertz CT molecular complexity index is 839. The first-order valence-corrected chi connectivity index (χ1v) is 9.51. The lowest BCUT2D eigenvalue weighted by atomic mass is 9.78. The van der Waals surface area contributed by atoms with Crippen LogP contribution in [0.25, 0.3) is 0 Å². The van der Waals surface area contributed by atoms with Crippen LogP contribution in [0.3, 0.4) is 0 Å². The zero-order valence-electron chi connectivity index (χ0n) is 15.6. The summed E-state index contributed by atoms with van der Waals surface area (Å²) in [6, 6.07) is 13.6. The zero-order chi connectivity index (χ0) is 19.9. The number of hydrogen-bond acceptors (Lipinski definition) is 3. The van der Waals surface area contributed by atoms with Crippen LogP contribution < -0.4 is 10.1 Å². The summed E-state index contributed by atoms with van der Waals surface area (Å²) < 4.78 is 19.5. The van der Waals surface area contributed by atoms with E-state index >= 15 is 0 Å². The maximum absolute atomic E-state index is 13.8. The molecule has 0 heterocycles. The fraction of sp³-hybridized carbons (Fsp3) is 0.364. The maximum atomic E-state index is 13.8. The molecule has 0 bridgehead atoms. The summed E-state index contributed by atoms with van der Waals surface area (Å²) in [5.41, 5.74) is 1.21. The number of ether oxygens (including phenoxy) is 1. The Labute approximate surface area is 163 Å². The van der Waals surface area contributed by atoms with E-state index in [0.29, 0.717) is 24.2 Å². The van der Waals surface area contributed by atoms with Gasteiger partial charge in [-0.2, -0.15) is 0 Å². The smallest absolute Gasteiger partial charge is 0.307 e. The van der Waals surface area contributed by atoms with Crippen molar-refractivity contribution in [1.29, 1.82) is 0 Å². The van der Waals surface area contributed by atoms with Crippen LogP contribution in [0.5, 0.6) is 5.75 Å². The number of para-hydroxylation sites is 1. The molecule has 2 atom stereocenters. The van der Waals surface area contributed by atoms with Crippen LogP contribution in [-0.2, 0) is 22.7 Å². The van der Waals surface area contributed by atoms with Gasteiger partial charge in [0.2, 0.25) is 5.91 Å². The molecule has 1 aliphatic rings. The van der Waals surface area contributed by atoms with Crippen molar-refractivity contribution in [2.45, 2.75) is 38.8 Å². The van der Waals surface area contributed by atoms with E-state index in [1.807, 2.05) is 18.2 Å². The van der Waals surface area contributed by atoms with E-state index in [-0.39, 0.29) is 24.9 Å². The van der Waals surface area contributed by atoms with E-state index in [2.05, 4.69) is 5.32 Å². The van der Waals surface area contributed by atoms with E-state index in [0.717, 1.165) is 18.4 Å². The molecule has 3 rings (SSSR count). The molecule has 1 fully saturated rings. The number of benzene rings is 2. The van der Waals surface area contributed by atoms with Gasteiger partial charge < -0.3 is 15.2 Å². The van der Waals surface area contributed by atoms with Crippen LogP contribution in [0.4, 0.5) is 4.39 Å². The molecule has 148 valence electrons. The van der Waals surface area contributed by atoms with E-state index in [4.69, 9.17) is 4.74 Å². The highest BCUT2D eigenvalue weighted by Crippen LogP contribution is 2.30. The molecular weight excluding hydrogens is 361 g/mol. The third-order valence-electron chi connectivity index (χ3n) is 5.19.